The zero-order valence-corrected chi connectivity index (χ0v) is 17.2. The van der Waals surface area contributed by atoms with E-state index in [9.17, 15) is 18.3 Å². The van der Waals surface area contributed by atoms with E-state index in [0.29, 0.717) is 11.3 Å². The number of carboxylic acid groups (broad SMARTS) is 1. The molecular weight excluding hydrogens is 406 g/mol. The standard InChI is InChI=1S/C22H21NO6S/c1-28-17-10-6-9-16(13-17)21(15-7-4-3-5-8-15)23-30(26,27)18-11-12-19(22(24)25)20(14-18)29-2/h3-14,21,23H,1-2H3,(H,24,25). The van der Waals surface area contributed by atoms with Crippen LogP contribution in [0.15, 0.2) is 77.7 Å². The fourth-order valence-corrected chi connectivity index (χ4v) is 4.26. The van der Waals surface area contributed by atoms with Gasteiger partial charge in [0.2, 0.25) is 10.0 Å². The first-order valence-electron chi connectivity index (χ1n) is 8.98. The van der Waals surface area contributed by atoms with Gasteiger partial charge in [0, 0.05) is 6.07 Å². The Hall–Kier alpha value is -3.36. The summed E-state index contributed by atoms with van der Waals surface area (Å²) in [4.78, 5) is 11.2. The van der Waals surface area contributed by atoms with Crippen LogP contribution in [0.2, 0.25) is 0 Å². The SMILES string of the molecule is COc1cccc(C(NS(=O)(=O)c2ccc(C(=O)O)c(OC)c2)c2ccccc2)c1. The van der Waals surface area contributed by atoms with Crippen LogP contribution >= 0.6 is 0 Å². The van der Waals surface area contributed by atoms with E-state index in [1.165, 1.54) is 32.4 Å². The molecule has 8 heteroatoms. The minimum atomic E-state index is -4.01. The van der Waals surface area contributed by atoms with Gasteiger partial charge in [0.05, 0.1) is 25.2 Å². The number of rotatable bonds is 8. The predicted molar refractivity (Wildman–Crippen MR) is 112 cm³/mol. The number of carboxylic acids is 1. The van der Waals surface area contributed by atoms with E-state index in [-0.39, 0.29) is 16.2 Å². The molecule has 0 aromatic heterocycles. The van der Waals surface area contributed by atoms with Crippen molar-refractivity contribution in [3.05, 3.63) is 89.5 Å². The Morgan fingerprint density at radius 1 is 0.900 bits per heavy atom. The minimum absolute atomic E-state index is 0.0389. The summed E-state index contributed by atoms with van der Waals surface area (Å²) in [5.41, 5.74) is 1.31. The van der Waals surface area contributed by atoms with Crippen LogP contribution in [0.1, 0.15) is 27.5 Å². The Balaban J connectivity index is 2.04. The van der Waals surface area contributed by atoms with Gasteiger partial charge in [-0.3, -0.25) is 0 Å². The second kappa shape index (κ2) is 8.98. The van der Waals surface area contributed by atoms with E-state index >= 15 is 0 Å². The number of sulfonamides is 1. The minimum Gasteiger partial charge on any atom is -0.497 e. The number of benzene rings is 3. The molecule has 156 valence electrons. The summed E-state index contributed by atoms with van der Waals surface area (Å²) in [7, 11) is -1.19. The van der Waals surface area contributed by atoms with Crippen LogP contribution < -0.4 is 14.2 Å². The van der Waals surface area contributed by atoms with Gasteiger partial charge in [-0.05, 0) is 35.4 Å². The molecule has 1 atom stereocenters. The number of hydrogen-bond acceptors (Lipinski definition) is 5. The summed E-state index contributed by atoms with van der Waals surface area (Å²) >= 11 is 0. The maximum atomic E-state index is 13.1. The molecule has 0 saturated carbocycles. The average molecular weight is 427 g/mol. The van der Waals surface area contributed by atoms with E-state index in [1.807, 2.05) is 30.3 Å². The molecule has 0 aliphatic heterocycles. The number of hydrogen-bond donors (Lipinski definition) is 2. The summed E-state index contributed by atoms with van der Waals surface area (Å²) in [6.45, 7) is 0. The first kappa shape index (κ1) is 21.4. The van der Waals surface area contributed by atoms with Gasteiger partial charge in [-0.25, -0.2) is 13.2 Å². The van der Waals surface area contributed by atoms with Crippen LogP contribution in [-0.2, 0) is 10.0 Å². The van der Waals surface area contributed by atoms with E-state index in [0.717, 1.165) is 5.56 Å². The summed E-state index contributed by atoms with van der Waals surface area (Å²) in [6, 6.07) is 19.2. The third-order valence-corrected chi connectivity index (χ3v) is 5.97. The molecule has 0 spiro atoms. The maximum absolute atomic E-state index is 13.1. The van der Waals surface area contributed by atoms with Crippen LogP contribution in [0.25, 0.3) is 0 Å². The molecular formula is C22H21NO6S. The van der Waals surface area contributed by atoms with Gasteiger partial charge in [0.25, 0.3) is 0 Å². The highest BCUT2D eigenvalue weighted by Gasteiger charge is 2.25. The molecule has 3 aromatic rings. The third kappa shape index (κ3) is 4.61. The highest BCUT2D eigenvalue weighted by atomic mass is 32.2. The Morgan fingerprint density at radius 2 is 1.60 bits per heavy atom. The number of aromatic carboxylic acids is 1. The molecule has 1 unspecified atom stereocenters. The van der Waals surface area contributed by atoms with Crippen molar-refractivity contribution in [3.63, 3.8) is 0 Å². The van der Waals surface area contributed by atoms with Crippen molar-refractivity contribution in [1.29, 1.82) is 0 Å². The lowest BCUT2D eigenvalue weighted by molar-refractivity contribution is 0.0693. The van der Waals surface area contributed by atoms with E-state index in [1.54, 1.807) is 24.3 Å². The Kier molecular flexibility index (Phi) is 6.39. The lowest BCUT2D eigenvalue weighted by atomic mass is 9.99. The van der Waals surface area contributed by atoms with Gasteiger partial charge >= 0.3 is 5.97 Å². The van der Waals surface area contributed by atoms with Crippen LogP contribution in [0.3, 0.4) is 0 Å². The normalized spacial score (nSPS) is 12.2. The summed E-state index contributed by atoms with van der Waals surface area (Å²) < 4.78 is 39.3. The van der Waals surface area contributed by atoms with Gasteiger partial charge in [-0.15, -0.1) is 0 Å². The van der Waals surface area contributed by atoms with Crippen LogP contribution in [0.5, 0.6) is 11.5 Å². The molecule has 30 heavy (non-hydrogen) atoms. The Labute approximate surface area is 174 Å². The van der Waals surface area contributed by atoms with Gasteiger partial charge in [0.1, 0.15) is 17.1 Å². The molecule has 0 bridgehead atoms. The fraction of sp³-hybridized carbons (Fsp3) is 0.136. The monoisotopic (exact) mass is 427 g/mol. The van der Waals surface area contributed by atoms with Crippen molar-refractivity contribution >= 4 is 16.0 Å². The highest BCUT2D eigenvalue weighted by molar-refractivity contribution is 7.89. The molecule has 0 aliphatic rings. The molecule has 7 nitrogen and oxygen atoms in total. The van der Waals surface area contributed by atoms with E-state index in [4.69, 9.17) is 9.47 Å². The topological polar surface area (TPSA) is 102 Å². The van der Waals surface area contributed by atoms with Crippen molar-refractivity contribution in [2.75, 3.05) is 14.2 Å². The van der Waals surface area contributed by atoms with Crippen molar-refractivity contribution in [3.8, 4) is 11.5 Å². The number of methoxy groups -OCH3 is 2. The van der Waals surface area contributed by atoms with Crippen LogP contribution in [0, 0.1) is 0 Å². The molecule has 0 aliphatic carbocycles. The van der Waals surface area contributed by atoms with Crippen molar-refractivity contribution in [1.82, 2.24) is 4.72 Å². The first-order valence-corrected chi connectivity index (χ1v) is 10.5. The molecule has 3 rings (SSSR count). The molecule has 2 N–H and O–H groups in total. The smallest absolute Gasteiger partial charge is 0.339 e. The number of carbonyl (C=O) groups is 1. The lowest BCUT2D eigenvalue weighted by Gasteiger charge is -2.21. The molecule has 0 amide bonds. The zero-order valence-electron chi connectivity index (χ0n) is 16.4. The van der Waals surface area contributed by atoms with Gasteiger partial charge in [-0.2, -0.15) is 4.72 Å². The van der Waals surface area contributed by atoms with Gasteiger partial charge in [0.15, 0.2) is 0 Å². The maximum Gasteiger partial charge on any atom is 0.339 e. The van der Waals surface area contributed by atoms with Crippen molar-refractivity contribution in [2.24, 2.45) is 0 Å². The first-order chi connectivity index (χ1) is 14.4. The molecule has 0 fully saturated rings. The molecule has 0 radical (unpaired) electrons. The predicted octanol–water partition coefficient (Wildman–Crippen LogP) is 3.47. The summed E-state index contributed by atoms with van der Waals surface area (Å²) in [5.74, 6) is -0.648. The van der Waals surface area contributed by atoms with Gasteiger partial charge < -0.3 is 14.6 Å². The third-order valence-electron chi connectivity index (χ3n) is 4.55. The van der Waals surface area contributed by atoms with Crippen LogP contribution in [-0.4, -0.2) is 33.7 Å². The van der Waals surface area contributed by atoms with Crippen LogP contribution in [0.4, 0.5) is 0 Å². The fourth-order valence-electron chi connectivity index (χ4n) is 3.03. The number of nitrogens with one attached hydrogen (secondary N) is 1. The van der Waals surface area contributed by atoms with Crippen molar-refractivity contribution in [2.45, 2.75) is 10.9 Å². The highest BCUT2D eigenvalue weighted by Crippen LogP contribution is 2.29. The Morgan fingerprint density at radius 3 is 2.23 bits per heavy atom. The average Bonchev–Trinajstić information content (AvgIpc) is 2.77. The van der Waals surface area contributed by atoms with Gasteiger partial charge in [-0.1, -0.05) is 42.5 Å². The molecule has 0 saturated heterocycles. The molecule has 3 aromatic carbocycles. The second-order valence-corrected chi connectivity index (χ2v) is 8.12. The molecule has 0 heterocycles. The van der Waals surface area contributed by atoms with Crippen molar-refractivity contribution < 1.29 is 27.8 Å². The summed E-state index contributed by atoms with van der Waals surface area (Å²) in [5, 5.41) is 9.23. The quantitative estimate of drug-likeness (QED) is 0.571. The lowest BCUT2D eigenvalue weighted by Crippen LogP contribution is -2.29. The Bertz CT molecular complexity index is 1150. The van der Waals surface area contributed by atoms with E-state index < -0.39 is 22.0 Å². The largest absolute Gasteiger partial charge is 0.497 e. The zero-order chi connectivity index (χ0) is 21.7. The summed E-state index contributed by atoms with van der Waals surface area (Å²) in [6.07, 6.45) is 0. The second-order valence-electron chi connectivity index (χ2n) is 6.41. The number of ether oxygens (including phenoxy) is 2. The van der Waals surface area contributed by atoms with E-state index in [2.05, 4.69) is 4.72 Å².